The molecule has 0 saturated heterocycles. The van der Waals surface area contributed by atoms with Gasteiger partial charge in [-0.05, 0) is 39.1 Å². The fraction of sp³-hybridized carbons (Fsp3) is 0.733. The highest BCUT2D eigenvalue weighted by Crippen LogP contribution is 2.31. The predicted octanol–water partition coefficient (Wildman–Crippen LogP) is 2.38. The van der Waals surface area contributed by atoms with Crippen LogP contribution in [0, 0.1) is 0 Å². The molecule has 0 amide bonds. The van der Waals surface area contributed by atoms with E-state index in [1.165, 1.54) is 37.8 Å². The molecule has 0 bridgehead atoms. The van der Waals surface area contributed by atoms with Crippen molar-refractivity contribution in [3.05, 3.63) is 24.0 Å². The first kappa shape index (κ1) is 13.6. The van der Waals surface area contributed by atoms with Crippen LogP contribution in [0.15, 0.2) is 18.3 Å². The van der Waals surface area contributed by atoms with Crippen molar-refractivity contribution in [1.82, 2.24) is 14.8 Å². The molecule has 1 aliphatic carbocycles. The minimum atomic E-state index is 0.378. The topological polar surface area (TPSA) is 20.2 Å². The Morgan fingerprint density at radius 3 is 2.56 bits per heavy atom. The van der Waals surface area contributed by atoms with Gasteiger partial charge in [0, 0.05) is 37.6 Å². The van der Waals surface area contributed by atoms with Crippen molar-refractivity contribution in [2.45, 2.75) is 44.2 Å². The van der Waals surface area contributed by atoms with E-state index < -0.39 is 0 Å². The van der Waals surface area contributed by atoms with Gasteiger partial charge in [-0.3, -0.25) is 0 Å². The Kier molecular flexibility index (Phi) is 4.46. The molecule has 1 heterocycles. The fourth-order valence-corrected chi connectivity index (χ4v) is 3.10. The van der Waals surface area contributed by atoms with Gasteiger partial charge in [0.2, 0.25) is 0 Å². The van der Waals surface area contributed by atoms with Crippen molar-refractivity contribution in [3.63, 3.8) is 0 Å². The Morgan fingerprint density at radius 1 is 1.28 bits per heavy atom. The van der Waals surface area contributed by atoms with Gasteiger partial charge in [-0.2, -0.15) is 0 Å². The number of nitrogens with zero attached hydrogens (tertiary/aromatic N) is 2. The first-order valence-electron chi connectivity index (χ1n) is 7.12. The van der Waals surface area contributed by atoms with Gasteiger partial charge in [-0.15, -0.1) is 0 Å². The molecule has 0 radical (unpaired) electrons. The van der Waals surface area contributed by atoms with Crippen molar-refractivity contribution >= 4 is 0 Å². The van der Waals surface area contributed by atoms with Crippen LogP contribution in [-0.2, 0) is 13.6 Å². The third-order valence-electron chi connectivity index (χ3n) is 4.54. The van der Waals surface area contributed by atoms with Crippen LogP contribution in [0.2, 0.25) is 0 Å². The molecule has 3 nitrogen and oxygen atoms in total. The van der Waals surface area contributed by atoms with E-state index in [-0.39, 0.29) is 0 Å². The van der Waals surface area contributed by atoms with Crippen molar-refractivity contribution in [2.75, 3.05) is 20.6 Å². The number of aryl methyl sites for hydroxylation is 1. The number of hydrogen-bond acceptors (Lipinski definition) is 2. The average Bonchev–Trinajstić information content (AvgIpc) is 2.76. The summed E-state index contributed by atoms with van der Waals surface area (Å²) in [4.78, 5) is 2.43. The van der Waals surface area contributed by atoms with Gasteiger partial charge in [0.25, 0.3) is 0 Å². The average molecular weight is 249 g/mol. The standard InChI is InChI=1S/C15H27N3/c1-17(2)15(9-5-4-6-10-15)13-16-12-14-8-7-11-18(14)3/h7-8,11,16H,4-6,9-10,12-13H2,1-3H3. The molecule has 1 fully saturated rings. The smallest absolute Gasteiger partial charge is 0.0359 e. The number of rotatable bonds is 5. The maximum Gasteiger partial charge on any atom is 0.0359 e. The van der Waals surface area contributed by atoms with E-state index in [4.69, 9.17) is 0 Å². The van der Waals surface area contributed by atoms with Crippen molar-refractivity contribution in [3.8, 4) is 0 Å². The highest BCUT2D eigenvalue weighted by atomic mass is 15.2. The molecule has 3 heteroatoms. The normalized spacial score (nSPS) is 19.3. The second-order valence-electron chi connectivity index (χ2n) is 5.89. The summed E-state index contributed by atoms with van der Waals surface area (Å²) >= 11 is 0. The molecule has 2 rings (SSSR count). The molecular weight excluding hydrogens is 222 g/mol. The summed E-state index contributed by atoms with van der Waals surface area (Å²) in [6.45, 7) is 2.07. The predicted molar refractivity (Wildman–Crippen MR) is 76.6 cm³/mol. The van der Waals surface area contributed by atoms with Crippen LogP contribution in [0.1, 0.15) is 37.8 Å². The first-order valence-corrected chi connectivity index (χ1v) is 7.12. The summed E-state index contributed by atoms with van der Waals surface area (Å²) in [6, 6.07) is 4.30. The van der Waals surface area contributed by atoms with E-state index in [1.54, 1.807) is 0 Å². The number of nitrogens with one attached hydrogen (secondary N) is 1. The molecule has 0 spiro atoms. The lowest BCUT2D eigenvalue weighted by Crippen LogP contribution is -2.52. The van der Waals surface area contributed by atoms with E-state index in [1.807, 2.05) is 0 Å². The molecule has 102 valence electrons. The third kappa shape index (κ3) is 2.96. The van der Waals surface area contributed by atoms with Gasteiger partial charge in [0.05, 0.1) is 0 Å². The molecule has 1 saturated carbocycles. The van der Waals surface area contributed by atoms with Crippen LogP contribution in [0.25, 0.3) is 0 Å². The summed E-state index contributed by atoms with van der Waals surface area (Å²) in [7, 11) is 6.57. The van der Waals surface area contributed by atoms with Crippen molar-refractivity contribution < 1.29 is 0 Å². The molecule has 18 heavy (non-hydrogen) atoms. The quantitative estimate of drug-likeness (QED) is 0.864. The fourth-order valence-electron chi connectivity index (χ4n) is 3.10. The largest absolute Gasteiger partial charge is 0.353 e. The molecule has 0 aliphatic heterocycles. The van der Waals surface area contributed by atoms with Crippen LogP contribution >= 0.6 is 0 Å². The minimum absolute atomic E-state index is 0.378. The van der Waals surface area contributed by atoms with Gasteiger partial charge < -0.3 is 14.8 Å². The second-order valence-corrected chi connectivity index (χ2v) is 5.89. The lowest BCUT2D eigenvalue weighted by atomic mass is 9.80. The molecule has 0 aromatic carbocycles. The number of hydrogen-bond donors (Lipinski definition) is 1. The summed E-state index contributed by atoms with van der Waals surface area (Å²) in [5.74, 6) is 0. The van der Waals surface area contributed by atoms with Crippen LogP contribution in [-0.4, -0.2) is 35.6 Å². The Hall–Kier alpha value is -0.800. The molecule has 1 N–H and O–H groups in total. The Labute approximate surface area is 111 Å². The maximum atomic E-state index is 3.66. The zero-order valence-corrected chi connectivity index (χ0v) is 12.1. The van der Waals surface area contributed by atoms with Crippen LogP contribution in [0.4, 0.5) is 0 Å². The van der Waals surface area contributed by atoms with Crippen molar-refractivity contribution in [1.29, 1.82) is 0 Å². The Bertz CT molecular complexity index is 362. The van der Waals surface area contributed by atoms with Gasteiger partial charge >= 0.3 is 0 Å². The zero-order valence-electron chi connectivity index (χ0n) is 12.1. The monoisotopic (exact) mass is 249 g/mol. The van der Waals surface area contributed by atoms with Gasteiger partial charge in [0.15, 0.2) is 0 Å². The van der Waals surface area contributed by atoms with E-state index in [0.29, 0.717) is 5.54 Å². The summed E-state index contributed by atoms with van der Waals surface area (Å²) < 4.78 is 2.19. The molecule has 1 aliphatic rings. The summed E-state index contributed by atoms with van der Waals surface area (Å²) in [6.07, 6.45) is 8.95. The number of likely N-dealkylation sites (N-methyl/N-ethyl adjacent to an activating group) is 1. The lowest BCUT2D eigenvalue weighted by Gasteiger charge is -2.43. The highest BCUT2D eigenvalue weighted by Gasteiger charge is 2.33. The Morgan fingerprint density at radius 2 is 2.00 bits per heavy atom. The van der Waals surface area contributed by atoms with Gasteiger partial charge in [-0.25, -0.2) is 0 Å². The molecular formula is C15H27N3. The molecule has 1 aromatic rings. The summed E-state index contributed by atoms with van der Waals surface area (Å²) in [5.41, 5.74) is 1.74. The summed E-state index contributed by atoms with van der Waals surface area (Å²) in [5, 5.41) is 3.66. The third-order valence-corrected chi connectivity index (χ3v) is 4.54. The Balaban J connectivity index is 1.88. The van der Waals surface area contributed by atoms with Gasteiger partial charge in [-0.1, -0.05) is 19.3 Å². The molecule has 0 unspecified atom stereocenters. The minimum Gasteiger partial charge on any atom is -0.353 e. The van der Waals surface area contributed by atoms with E-state index in [9.17, 15) is 0 Å². The SMILES string of the molecule is CN(C)C1(CNCc2cccn2C)CCCCC1. The van der Waals surface area contributed by atoms with Crippen LogP contribution in [0.3, 0.4) is 0 Å². The van der Waals surface area contributed by atoms with Crippen LogP contribution < -0.4 is 5.32 Å². The highest BCUT2D eigenvalue weighted by molar-refractivity contribution is 5.06. The second kappa shape index (κ2) is 5.89. The van der Waals surface area contributed by atoms with E-state index >= 15 is 0 Å². The van der Waals surface area contributed by atoms with Crippen LogP contribution in [0.5, 0.6) is 0 Å². The maximum absolute atomic E-state index is 3.66. The van der Waals surface area contributed by atoms with Gasteiger partial charge in [0.1, 0.15) is 0 Å². The molecule has 0 atom stereocenters. The van der Waals surface area contributed by atoms with E-state index in [2.05, 4.69) is 54.3 Å². The lowest BCUT2D eigenvalue weighted by molar-refractivity contribution is 0.0982. The van der Waals surface area contributed by atoms with Crippen molar-refractivity contribution in [2.24, 2.45) is 7.05 Å². The number of aromatic nitrogens is 1. The van der Waals surface area contributed by atoms with E-state index in [0.717, 1.165) is 13.1 Å². The molecule has 1 aromatic heterocycles. The first-order chi connectivity index (χ1) is 8.64. The zero-order chi connectivity index (χ0) is 13.0.